The Hall–Kier alpha value is -2.29. The van der Waals surface area contributed by atoms with Crippen LogP contribution in [0.15, 0.2) is 42.5 Å². The van der Waals surface area contributed by atoms with E-state index >= 15 is 0 Å². The standard InChI is InChI=1S/C23H29Cl2N3O4S/c1-15(2)17-9-6-7-12-21(17)28(33(5,31)32)14-22(29)27(16(3)23(30)26-4)13-18-19(24)10-8-11-20(18)25/h6-12,15-16H,13-14H2,1-5H3,(H,26,30)/t16-/m1/s1. The van der Waals surface area contributed by atoms with Crippen LogP contribution in [0.5, 0.6) is 0 Å². The highest BCUT2D eigenvalue weighted by molar-refractivity contribution is 7.92. The quantitative estimate of drug-likeness (QED) is 0.547. The maximum absolute atomic E-state index is 13.5. The molecule has 0 aromatic heterocycles. The summed E-state index contributed by atoms with van der Waals surface area (Å²) in [5.41, 5.74) is 1.68. The number of benzene rings is 2. The van der Waals surface area contributed by atoms with Gasteiger partial charge in [0.25, 0.3) is 0 Å². The van der Waals surface area contributed by atoms with E-state index in [1.165, 1.54) is 11.9 Å². The highest BCUT2D eigenvalue weighted by atomic mass is 35.5. The van der Waals surface area contributed by atoms with Crippen molar-refractivity contribution in [3.05, 3.63) is 63.6 Å². The molecule has 0 spiro atoms. The third kappa shape index (κ3) is 6.62. The van der Waals surface area contributed by atoms with Gasteiger partial charge in [-0.2, -0.15) is 0 Å². The van der Waals surface area contributed by atoms with Crippen LogP contribution in [0.2, 0.25) is 10.0 Å². The van der Waals surface area contributed by atoms with Crippen molar-refractivity contribution in [3.8, 4) is 0 Å². The zero-order chi connectivity index (χ0) is 24.9. The molecule has 0 unspecified atom stereocenters. The van der Waals surface area contributed by atoms with Crippen molar-refractivity contribution >= 4 is 50.7 Å². The maximum atomic E-state index is 13.5. The van der Waals surface area contributed by atoms with Gasteiger partial charge >= 0.3 is 0 Å². The van der Waals surface area contributed by atoms with Crippen LogP contribution < -0.4 is 9.62 Å². The Labute approximate surface area is 205 Å². The Morgan fingerprint density at radius 3 is 2.09 bits per heavy atom. The van der Waals surface area contributed by atoms with Gasteiger partial charge in [-0.1, -0.05) is 61.3 Å². The van der Waals surface area contributed by atoms with E-state index in [1.54, 1.807) is 37.3 Å². The summed E-state index contributed by atoms with van der Waals surface area (Å²) in [6.07, 6.45) is 1.05. The molecule has 7 nitrogen and oxygen atoms in total. The Kier molecular flexibility index (Phi) is 9.17. The van der Waals surface area contributed by atoms with Crippen LogP contribution >= 0.6 is 23.2 Å². The molecule has 33 heavy (non-hydrogen) atoms. The lowest BCUT2D eigenvalue weighted by molar-refractivity contribution is -0.139. The second-order valence-corrected chi connectivity index (χ2v) is 10.7. The molecular formula is C23H29Cl2N3O4S. The summed E-state index contributed by atoms with van der Waals surface area (Å²) in [6.45, 7) is 4.91. The summed E-state index contributed by atoms with van der Waals surface area (Å²) in [5, 5.41) is 3.21. The van der Waals surface area contributed by atoms with Crippen molar-refractivity contribution in [1.29, 1.82) is 0 Å². The maximum Gasteiger partial charge on any atom is 0.244 e. The van der Waals surface area contributed by atoms with E-state index in [9.17, 15) is 18.0 Å². The van der Waals surface area contributed by atoms with Gasteiger partial charge in [-0.05, 0) is 36.6 Å². The van der Waals surface area contributed by atoms with Gasteiger partial charge < -0.3 is 10.2 Å². The van der Waals surface area contributed by atoms with Gasteiger partial charge in [-0.3, -0.25) is 13.9 Å². The minimum atomic E-state index is -3.81. The molecule has 0 heterocycles. The smallest absolute Gasteiger partial charge is 0.244 e. The second kappa shape index (κ2) is 11.2. The number of para-hydroxylation sites is 1. The van der Waals surface area contributed by atoms with Crippen molar-refractivity contribution in [2.75, 3.05) is 24.2 Å². The summed E-state index contributed by atoms with van der Waals surface area (Å²) in [6, 6.07) is 11.1. The lowest BCUT2D eigenvalue weighted by Crippen LogP contribution is -2.50. The first-order valence-electron chi connectivity index (χ1n) is 10.4. The number of likely N-dealkylation sites (N-methyl/N-ethyl adjacent to an activating group) is 1. The Morgan fingerprint density at radius 2 is 1.58 bits per heavy atom. The van der Waals surface area contributed by atoms with Crippen molar-refractivity contribution in [3.63, 3.8) is 0 Å². The summed E-state index contributed by atoms with van der Waals surface area (Å²) in [4.78, 5) is 27.2. The molecule has 0 saturated carbocycles. The zero-order valence-corrected chi connectivity index (χ0v) is 21.6. The lowest BCUT2D eigenvalue weighted by Gasteiger charge is -2.32. The normalized spacial score (nSPS) is 12.4. The Bertz CT molecular complexity index is 1100. The van der Waals surface area contributed by atoms with Crippen LogP contribution in [-0.2, 0) is 26.2 Å². The summed E-state index contributed by atoms with van der Waals surface area (Å²) < 4.78 is 26.5. The molecule has 2 aromatic carbocycles. The topological polar surface area (TPSA) is 86.8 Å². The van der Waals surface area contributed by atoms with Gasteiger partial charge in [-0.15, -0.1) is 0 Å². The van der Waals surface area contributed by atoms with Crippen LogP contribution in [-0.4, -0.2) is 51.0 Å². The molecule has 0 aliphatic heterocycles. The number of hydrogen-bond donors (Lipinski definition) is 1. The third-order valence-corrected chi connectivity index (χ3v) is 7.15. The van der Waals surface area contributed by atoms with Gasteiger partial charge in [0.15, 0.2) is 0 Å². The molecule has 1 N–H and O–H groups in total. The predicted molar refractivity (Wildman–Crippen MR) is 133 cm³/mol. The molecule has 2 rings (SSSR count). The minimum Gasteiger partial charge on any atom is -0.357 e. The van der Waals surface area contributed by atoms with Crippen molar-refractivity contribution in [2.24, 2.45) is 0 Å². The molecule has 0 fully saturated rings. The van der Waals surface area contributed by atoms with Gasteiger partial charge in [0.2, 0.25) is 21.8 Å². The number of carbonyl (C=O) groups excluding carboxylic acids is 2. The van der Waals surface area contributed by atoms with Crippen molar-refractivity contribution in [1.82, 2.24) is 10.2 Å². The number of carbonyl (C=O) groups is 2. The zero-order valence-electron chi connectivity index (χ0n) is 19.3. The minimum absolute atomic E-state index is 0.0309. The molecular weight excluding hydrogens is 485 g/mol. The van der Waals surface area contributed by atoms with E-state index in [1.807, 2.05) is 26.0 Å². The van der Waals surface area contributed by atoms with Crippen LogP contribution in [0, 0.1) is 0 Å². The molecule has 2 aromatic rings. The Morgan fingerprint density at radius 1 is 1.00 bits per heavy atom. The van der Waals surface area contributed by atoms with Gasteiger partial charge in [0, 0.05) is 29.2 Å². The first-order valence-corrected chi connectivity index (χ1v) is 13.0. The van der Waals surface area contributed by atoms with Crippen LogP contribution in [0.25, 0.3) is 0 Å². The Balaban J connectivity index is 2.51. The third-order valence-electron chi connectivity index (χ3n) is 5.31. The van der Waals surface area contributed by atoms with Gasteiger partial charge in [0.05, 0.1) is 11.9 Å². The van der Waals surface area contributed by atoms with Crippen LogP contribution in [0.1, 0.15) is 37.8 Å². The number of rotatable bonds is 9. The van der Waals surface area contributed by atoms with E-state index in [4.69, 9.17) is 23.2 Å². The van der Waals surface area contributed by atoms with E-state index < -0.39 is 34.4 Å². The molecule has 0 saturated heterocycles. The number of halogens is 2. The fourth-order valence-corrected chi connectivity index (χ4v) is 4.83. The molecule has 10 heteroatoms. The predicted octanol–water partition coefficient (Wildman–Crippen LogP) is 4.05. The number of sulfonamides is 1. The first-order chi connectivity index (χ1) is 15.4. The molecule has 0 aliphatic carbocycles. The highest BCUT2D eigenvalue weighted by Gasteiger charge is 2.31. The van der Waals surface area contributed by atoms with Crippen LogP contribution in [0.4, 0.5) is 5.69 Å². The van der Waals surface area contributed by atoms with Crippen LogP contribution in [0.3, 0.4) is 0 Å². The number of anilines is 1. The molecule has 180 valence electrons. The SMILES string of the molecule is CNC(=O)[C@@H](C)N(Cc1c(Cl)cccc1Cl)C(=O)CN(c1ccccc1C(C)C)S(C)(=O)=O. The highest BCUT2D eigenvalue weighted by Crippen LogP contribution is 2.30. The number of nitrogens with zero attached hydrogens (tertiary/aromatic N) is 2. The van der Waals surface area contributed by atoms with E-state index in [0.29, 0.717) is 21.3 Å². The fourth-order valence-electron chi connectivity index (χ4n) is 3.44. The first kappa shape index (κ1) is 27.0. The molecule has 2 amide bonds. The summed E-state index contributed by atoms with van der Waals surface area (Å²) >= 11 is 12.6. The summed E-state index contributed by atoms with van der Waals surface area (Å²) in [7, 11) is -2.35. The largest absolute Gasteiger partial charge is 0.357 e. The monoisotopic (exact) mass is 513 g/mol. The molecule has 0 radical (unpaired) electrons. The van der Waals surface area contributed by atoms with E-state index in [2.05, 4.69) is 5.32 Å². The lowest BCUT2D eigenvalue weighted by atomic mass is 10.0. The molecule has 0 bridgehead atoms. The summed E-state index contributed by atoms with van der Waals surface area (Å²) in [5.74, 6) is -0.936. The molecule has 1 atom stereocenters. The number of amides is 2. The van der Waals surface area contributed by atoms with Gasteiger partial charge in [-0.25, -0.2) is 8.42 Å². The van der Waals surface area contributed by atoms with Crippen molar-refractivity contribution < 1.29 is 18.0 Å². The number of hydrogen-bond acceptors (Lipinski definition) is 4. The average molecular weight is 514 g/mol. The fraction of sp³-hybridized carbons (Fsp3) is 0.391. The number of nitrogens with one attached hydrogen (secondary N) is 1. The average Bonchev–Trinajstić information content (AvgIpc) is 2.75. The molecule has 0 aliphatic rings. The van der Waals surface area contributed by atoms with Gasteiger partial charge in [0.1, 0.15) is 12.6 Å². The second-order valence-electron chi connectivity index (χ2n) is 8.00. The van der Waals surface area contributed by atoms with E-state index in [0.717, 1.165) is 16.1 Å². The van der Waals surface area contributed by atoms with Crippen molar-refractivity contribution in [2.45, 2.75) is 39.3 Å². The van der Waals surface area contributed by atoms with E-state index in [-0.39, 0.29) is 12.5 Å².